The summed E-state index contributed by atoms with van der Waals surface area (Å²) in [6, 6.07) is 0. The molecule has 0 aliphatic carbocycles. The Bertz CT molecular complexity index is 245. The van der Waals surface area contributed by atoms with E-state index in [0.29, 0.717) is 0 Å². The van der Waals surface area contributed by atoms with Gasteiger partial charge in [0.25, 0.3) is 0 Å². The highest BCUT2D eigenvalue weighted by Crippen LogP contribution is 2.26. The predicted molar refractivity (Wildman–Crippen MR) is 50.7 cm³/mol. The normalized spacial score (nSPS) is 21.6. The molecule has 1 atom stereocenters. The van der Waals surface area contributed by atoms with Gasteiger partial charge < -0.3 is 4.74 Å². The number of halogens is 3. The van der Waals surface area contributed by atoms with Crippen molar-refractivity contribution >= 4 is 40.8 Å². The van der Waals surface area contributed by atoms with Crippen molar-refractivity contribution in [3.63, 3.8) is 0 Å². The number of hydrogen-bond donors (Lipinski definition) is 0. The highest BCUT2D eigenvalue weighted by molar-refractivity contribution is 6.67. The predicted octanol–water partition coefficient (Wildman–Crippen LogP) is 2.95. The Morgan fingerprint density at radius 2 is 2.25 bits per heavy atom. The minimum absolute atomic E-state index is 0.513. The maximum absolute atomic E-state index is 11.3. The third-order valence-corrected chi connectivity index (χ3v) is 1.38. The van der Waals surface area contributed by atoms with Crippen LogP contribution in [0.25, 0.3) is 0 Å². The molecule has 0 radical (unpaired) electrons. The number of alkyl halides is 3. The van der Waals surface area contributed by atoms with Crippen molar-refractivity contribution in [1.82, 2.24) is 0 Å². The van der Waals surface area contributed by atoms with Crippen molar-refractivity contribution in [2.24, 2.45) is 5.89 Å². The van der Waals surface area contributed by atoms with Gasteiger partial charge in [-0.2, -0.15) is 0 Å². The molecule has 0 fully saturated rings. The molecule has 0 saturated heterocycles. The van der Waals surface area contributed by atoms with Crippen LogP contribution in [-0.2, 0) is 9.53 Å². The van der Waals surface area contributed by atoms with Crippen molar-refractivity contribution in [3.05, 3.63) is 0 Å². The SMILES string of the molecule is [2H]C([2H])(C)C([2H])(C)C(=O)OCC(Cl)(Cl)Cl. The Kier molecular flexibility index (Phi) is 3.31. The molecule has 5 heteroatoms. The molecular formula is C7H11Cl3O2. The fourth-order valence-electron chi connectivity index (χ4n) is 0.358. The van der Waals surface area contributed by atoms with Gasteiger partial charge in [0.2, 0.25) is 3.79 Å². The second kappa shape index (κ2) is 5.15. The van der Waals surface area contributed by atoms with E-state index in [1.807, 2.05) is 0 Å². The molecule has 0 N–H and O–H groups in total. The minimum atomic E-state index is -2.04. The molecule has 0 rings (SSSR count). The molecule has 0 aromatic carbocycles. The maximum atomic E-state index is 11.3. The van der Waals surface area contributed by atoms with Crippen LogP contribution in [0.15, 0.2) is 0 Å². The summed E-state index contributed by atoms with van der Waals surface area (Å²) >= 11 is 16.0. The van der Waals surface area contributed by atoms with Crippen molar-refractivity contribution in [2.45, 2.75) is 24.0 Å². The molecule has 0 spiro atoms. The lowest BCUT2D eigenvalue weighted by Gasteiger charge is -2.13. The Morgan fingerprint density at radius 1 is 1.75 bits per heavy atom. The largest absolute Gasteiger partial charge is 0.461 e. The van der Waals surface area contributed by atoms with Crippen LogP contribution in [0.4, 0.5) is 0 Å². The van der Waals surface area contributed by atoms with Gasteiger partial charge >= 0.3 is 5.97 Å². The second-order valence-electron chi connectivity index (χ2n) is 2.07. The third-order valence-electron chi connectivity index (χ3n) is 1.05. The fourth-order valence-corrected chi connectivity index (χ4v) is 0.521. The molecule has 0 amide bonds. The van der Waals surface area contributed by atoms with Gasteiger partial charge in [-0.25, -0.2) is 0 Å². The van der Waals surface area contributed by atoms with E-state index in [9.17, 15) is 4.79 Å². The van der Waals surface area contributed by atoms with Gasteiger partial charge in [-0.3, -0.25) is 4.79 Å². The monoisotopic (exact) mass is 235 g/mol. The summed E-state index contributed by atoms with van der Waals surface area (Å²) in [5, 5.41) is 0. The molecule has 0 aromatic rings. The summed E-state index contributed by atoms with van der Waals surface area (Å²) in [6.45, 7) is 1.70. The van der Waals surface area contributed by atoms with E-state index in [-0.39, 0.29) is 0 Å². The highest BCUT2D eigenvalue weighted by atomic mass is 35.6. The third kappa shape index (κ3) is 5.92. The number of esters is 1. The molecule has 0 bridgehead atoms. The molecule has 12 heavy (non-hydrogen) atoms. The first-order valence-electron chi connectivity index (χ1n) is 4.62. The number of rotatable bonds is 3. The molecular weight excluding hydrogens is 222 g/mol. The Morgan fingerprint density at radius 3 is 2.58 bits per heavy atom. The van der Waals surface area contributed by atoms with Crippen LogP contribution in [0.2, 0.25) is 0 Å². The average Bonchev–Trinajstić information content (AvgIpc) is 1.96. The van der Waals surface area contributed by atoms with Crippen LogP contribution in [-0.4, -0.2) is 16.4 Å². The van der Waals surface area contributed by atoms with Crippen LogP contribution < -0.4 is 0 Å². The summed E-state index contributed by atoms with van der Waals surface area (Å²) in [7, 11) is 0. The highest BCUT2D eigenvalue weighted by Gasteiger charge is 2.23. The molecule has 0 saturated carbocycles. The first-order valence-corrected chi connectivity index (χ1v) is 4.25. The van der Waals surface area contributed by atoms with Crippen molar-refractivity contribution < 1.29 is 13.6 Å². The average molecular weight is 237 g/mol. The number of hydrogen-bond acceptors (Lipinski definition) is 2. The van der Waals surface area contributed by atoms with Crippen LogP contribution in [0, 0.1) is 5.89 Å². The van der Waals surface area contributed by atoms with E-state index in [1.165, 1.54) is 0 Å². The molecule has 2 nitrogen and oxygen atoms in total. The lowest BCUT2D eigenvalue weighted by Crippen LogP contribution is -2.21. The number of carbonyl (C=O) groups is 1. The number of ether oxygens (including phenoxy) is 1. The first kappa shape index (κ1) is 7.72. The van der Waals surface area contributed by atoms with E-state index in [0.717, 1.165) is 13.8 Å². The van der Waals surface area contributed by atoms with Gasteiger partial charge in [-0.15, -0.1) is 0 Å². The van der Waals surface area contributed by atoms with E-state index in [2.05, 4.69) is 4.74 Å². The fraction of sp³-hybridized carbons (Fsp3) is 0.857. The Hall–Kier alpha value is 0.340. The quantitative estimate of drug-likeness (QED) is 0.556. The van der Waals surface area contributed by atoms with Gasteiger partial charge in [0, 0.05) is 4.11 Å². The van der Waals surface area contributed by atoms with Gasteiger partial charge in [-0.1, -0.05) is 48.7 Å². The van der Waals surface area contributed by atoms with E-state index in [4.69, 9.17) is 38.9 Å². The Balaban J connectivity index is 4.47. The van der Waals surface area contributed by atoms with Crippen molar-refractivity contribution in [1.29, 1.82) is 0 Å². The van der Waals surface area contributed by atoms with Gasteiger partial charge in [0.05, 0.1) is 5.89 Å². The smallest absolute Gasteiger partial charge is 0.308 e. The summed E-state index contributed by atoms with van der Waals surface area (Å²) in [5.74, 6) is -3.11. The molecule has 0 heterocycles. The van der Waals surface area contributed by atoms with Gasteiger partial charge in [0.1, 0.15) is 6.61 Å². The zero-order valence-corrected chi connectivity index (χ0v) is 8.93. The standard InChI is InChI=1S/C7H11Cl3O2/c1-3-5(2)6(11)12-4-7(8,9)10/h5H,3-4H2,1-2H3/i3D2,5D. The summed E-state index contributed by atoms with van der Waals surface area (Å²) < 4.78 is 24.8. The van der Waals surface area contributed by atoms with Gasteiger partial charge in [0.15, 0.2) is 0 Å². The van der Waals surface area contributed by atoms with E-state index >= 15 is 0 Å². The molecule has 0 aliphatic rings. The first-order chi connectivity index (χ1) is 6.38. The molecule has 0 aliphatic heterocycles. The van der Waals surface area contributed by atoms with Crippen LogP contribution in [0.5, 0.6) is 0 Å². The van der Waals surface area contributed by atoms with Crippen LogP contribution >= 0.6 is 34.8 Å². The minimum Gasteiger partial charge on any atom is -0.461 e. The lowest BCUT2D eigenvalue weighted by molar-refractivity contribution is -0.147. The zero-order valence-electron chi connectivity index (χ0n) is 9.66. The molecule has 1 unspecified atom stereocenters. The summed E-state index contributed by atoms with van der Waals surface area (Å²) in [4.78, 5) is 11.3. The van der Waals surface area contributed by atoms with E-state index in [1.54, 1.807) is 0 Å². The maximum Gasteiger partial charge on any atom is 0.308 e. The summed E-state index contributed by atoms with van der Waals surface area (Å²) in [6.07, 6.45) is -2.04. The van der Waals surface area contributed by atoms with E-state index < -0.39 is 28.6 Å². The molecule has 72 valence electrons. The van der Waals surface area contributed by atoms with Crippen LogP contribution in [0.1, 0.15) is 24.3 Å². The molecule has 0 aromatic heterocycles. The lowest BCUT2D eigenvalue weighted by atomic mass is 10.1. The van der Waals surface area contributed by atoms with Crippen molar-refractivity contribution in [3.8, 4) is 0 Å². The second-order valence-corrected chi connectivity index (χ2v) is 4.58. The Labute approximate surface area is 91.3 Å². The van der Waals surface area contributed by atoms with Crippen LogP contribution in [0.3, 0.4) is 0 Å². The van der Waals surface area contributed by atoms with Gasteiger partial charge in [-0.05, 0) is 6.37 Å². The summed E-state index contributed by atoms with van der Waals surface area (Å²) in [5.41, 5.74) is 0. The zero-order chi connectivity index (χ0) is 12.5. The topological polar surface area (TPSA) is 26.3 Å². The van der Waals surface area contributed by atoms with Crippen molar-refractivity contribution in [2.75, 3.05) is 6.61 Å². The number of carbonyl (C=O) groups excluding carboxylic acids is 1.